The van der Waals surface area contributed by atoms with E-state index in [1.54, 1.807) is 0 Å². The first kappa shape index (κ1) is 12.4. The Kier molecular flexibility index (Phi) is 4.02. The number of carbonyl (C=O) groups excluding carboxylic acids is 1. The molecule has 0 unspecified atom stereocenters. The number of rotatable bonds is 3. The Morgan fingerprint density at radius 2 is 1.53 bits per heavy atom. The third-order valence-corrected chi connectivity index (χ3v) is 3.90. The van der Waals surface area contributed by atoms with Crippen LogP contribution in [0, 0.1) is 11.8 Å². The maximum Gasteiger partial charge on any atom is 0.307 e. The number of amides is 1. The summed E-state index contributed by atoms with van der Waals surface area (Å²) in [4.78, 5) is 22.5. The molecule has 4 heteroatoms. The fourth-order valence-corrected chi connectivity index (χ4v) is 2.67. The molecule has 2 rings (SSSR count). The van der Waals surface area contributed by atoms with E-state index in [-0.39, 0.29) is 17.9 Å². The van der Waals surface area contributed by atoms with Gasteiger partial charge >= 0.3 is 5.97 Å². The van der Waals surface area contributed by atoms with E-state index in [1.165, 1.54) is 32.1 Å². The third-order valence-electron chi connectivity index (χ3n) is 3.90. The second-order valence-corrected chi connectivity index (χ2v) is 5.34. The first-order valence-electron chi connectivity index (χ1n) is 6.71. The number of carboxylic acids is 1. The van der Waals surface area contributed by atoms with Gasteiger partial charge in [-0.25, -0.2) is 0 Å². The van der Waals surface area contributed by atoms with E-state index in [1.807, 2.05) is 0 Å². The average molecular weight is 239 g/mol. The van der Waals surface area contributed by atoms with E-state index in [2.05, 4.69) is 5.32 Å². The van der Waals surface area contributed by atoms with Gasteiger partial charge in [0.2, 0.25) is 5.91 Å². The minimum atomic E-state index is -0.831. The molecule has 2 fully saturated rings. The second kappa shape index (κ2) is 5.52. The zero-order valence-corrected chi connectivity index (χ0v) is 10.2. The van der Waals surface area contributed by atoms with Crippen LogP contribution in [0.1, 0.15) is 51.4 Å². The van der Waals surface area contributed by atoms with Crippen LogP contribution in [0.3, 0.4) is 0 Å². The zero-order valence-electron chi connectivity index (χ0n) is 10.2. The van der Waals surface area contributed by atoms with Crippen molar-refractivity contribution in [3.8, 4) is 0 Å². The van der Waals surface area contributed by atoms with E-state index in [0.717, 1.165) is 12.8 Å². The minimum absolute atomic E-state index is 0.0389. The molecule has 0 heterocycles. The lowest BCUT2D eigenvalue weighted by molar-refractivity contribution is -0.140. The van der Waals surface area contributed by atoms with E-state index in [9.17, 15) is 9.59 Å². The number of nitrogens with one attached hydrogen (secondary N) is 1. The summed E-state index contributed by atoms with van der Waals surface area (Å²) in [5, 5.41) is 11.8. The Bertz CT molecular complexity index is 295. The molecule has 0 saturated heterocycles. The van der Waals surface area contributed by atoms with Crippen LogP contribution in [0.15, 0.2) is 0 Å². The van der Waals surface area contributed by atoms with E-state index >= 15 is 0 Å². The normalized spacial score (nSPS) is 30.1. The highest BCUT2D eigenvalue weighted by atomic mass is 16.4. The van der Waals surface area contributed by atoms with Crippen LogP contribution in [-0.4, -0.2) is 23.0 Å². The van der Waals surface area contributed by atoms with Gasteiger partial charge in [-0.15, -0.1) is 0 Å². The van der Waals surface area contributed by atoms with Crippen molar-refractivity contribution in [1.82, 2.24) is 5.32 Å². The fraction of sp³-hybridized carbons (Fsp3) is 0.846. The third kappa shape index (κ3) is 3.45. The van der Waals surface area contributed by atoms with E-state index < -0.39 is 11.9 Å². The van der Waals surface area contributed by atoms with Crippen molar-refractivity contribution in [2.75, 3.05) is 0 Å². The Morgan fingerprint density at radius 3 is 2.06 bits per heavy atom. The molecule has 0 aromatic heterocycles. The van der Waals surface area contributed by atoms with Crippen molar-refractivity contribution < 1.29 is 14.7 Å². The van der Waals surface area contributed by atoms with Crippen molar-refractivity contribution in [2.24, 2.45) is 11.8 Å². The number of carbonyl (C=O) groups is 2. The van der Waals surface area contributed by atoms with Crippen LogP contribution in [-0.2, 0) is 9.59 Å². The first-order valence-corrected chi connectivity index (χ1v) is 6.71. The van der Waals surface area contributed by atoms with Gasteiger partial charge in [-0.05, 0) is 19.3 Å². The van der Waals surface area contributed by atoms with Gasteiger partial charge in [0.25, 0.3) is 0 Å². The molecule has 0 radical (unpaired) electrons. The maximum atomic E-state index is 11.8. The molecule has 0 spiro atoms. The van der Waals surface area contributed by atoms with Gasteiger partial charge in [0.05, 0.1) is 11.8 Å². The molecule has 96 valence electrons. The lowest BCUT2D eigenvalue weighted by Crippen LogP contribution is -2.36. The quantitative estimate of drug-likeness (QED) is 0.791. The van der Waals surface area contributed by atoms with Crippen molar-refractivity contribution >= 4 is 11.9 Å². The smallest absolute Gasteiger partial charge is 0.307 e. The van der Waals surface area contributed by atoms with Gasteiger partial charge in [-0.1, -0.05) is 32.1 Å². The van der Waals surface area contributed by atoms with Crippen LogP contribution >= 0.6 is 0 Å². The molecule has 17 heavy (non-hydrogen) atoms. The monoisotopic (exact) mass is 239 g/mol. The zero-order chi connectivity index (χ0) is 12.3. The van der Waals surface area contributed by atoms with Gasteiger partial charge in [0.1, 0.15) is 0 Å². The molecule has 2 aliphatic carbocycles. The molecule has 0 bridgehead atoms. The van der Waals surface area contributed by atoms with Gasteiger partial charge in [0, 0.05) is 6.04 Å². The summed E-state index contributed by atoms with van der Waals surface area (Å²) in [5.41, 5.74) is 0. The Hall–Kier alpha value is -1.06. The van der Waals surface area contributed by atoms with Crippen molar-refractivity contribution in [2.45, 2.75) is 57.4 Å². The summed E-state index contributed by atoms with van der Waals surface area (Å²) in [7, 11) is 0. The van der Waals surface area contributed by atoms with Gasteiger partial charge in [0.15, 0.2) is 0 Å². The molecule has 0 aromatic rings. The highest BCUT2D eigenvalue weighted by Gasteiger charge is 2.48. The summed E-state index contributed by atoms with van der Waals surface area (Å²) >= 11 is 0. The highest BCUT2D eigenvalue weighted by molar-refractivity contribution is 5.89. The lowest BCUT2D eigenvalue weighted by atomic mass is 9.96. The van der Waals surface area contributed by atoms with Gasteiger partial charge < -0.3 is 10.4 Å². The van der Waals surface area contributed by atoms with Crippen molar-refractivity contribution in [3.63, 3.8) is 0 Å². The molecule has 0 aromatic carbocycles. The van der Waals surface area contributed by atoms with Crippen LogP contribution < -0.4 is 5.32 Å². The Balaban J connectivity index is 1.75. The van der Waals surface area contributed by atoms with Crippen molar-refractivity contribution in [1.29, 1.82) is 0 Å². The maximum absolute atomic E-state index is 11.8. The summed E-state index contributed by atoms with van der Waals surface area (Å²) in [5.74, 6) is -1.56. The molecule has 0 aliphatic heterocycles. The van der Waals surface area contributed by atoms with Gasteiger partial charge in [-0.2, -0.15) is 0 Å². The predicted molar refractivity (Wildman–Crippen MR) is 63.5 cm³/mol. The Labute approximate surface area is 102 Å². The molecular weight excluding hydrogens is 218 g/mol. The number of hydrogen-bond donors (Lipinski definition) is 2. The van der Waals surface area contributed by atoms with Crippen LogP contribution in [0.2, 0.25) is 0 Å². The SMILES string of the molecule is O=C(O)[C@H]1C[C@H]1C(=O)NC1CCCCCCC1. The molecule has 2 atom stereocenters. The van der Waals surface area contributed by atoms with Crippen LogP contribution in [0.25, 0.3) is 0 Å². The molecule has 2 aliphatic rings. The molecule has 4 nitrogen and oxygen atoms in total. The summed E-state index contributed by atoms with van der Waals surface area (Å²) in [6.07, 6.45) is 8.81. The molecule has 2 saturated carbocycles. The largest absolute Gasteiger partial charge is 0.481 e. The van der Waals surface area contributed by atoms with E-state index in [4.69, 9.17) is 5.11 Å². The van der Waals surface area contributed by atoms with Crippen molar-refractivity contribution in [3.05, 3.63) is 0 Å². The van der Waals surface area contributed by atoms with E-state index in [0.29, 0.717) is 6.42 Å². The molecular formula is C13H21NO3. The van der Waals surface area contributed by atoms with Crippen LogP contribution in [0.5, 0.6) is 0 Å². The number of aliphatic carboxylic acids is 1. The summed E-state index contributed by atoms with van der Waals surface area (Å²) in [6.45, 7) is 0. The first-order chi connectivity index (χ1) is 8.18. The summed E-state index contributed by atoms with van der Waals surface area (Å²) < 4.78 is 0. The predicted octanol–water partition coefficient (Wildman–Crippen LogP) is 1.94. The standard InChI is InChI=1S/C13H21NO3/c15-12(10-8-11(10)13(16)17)14-9-6-4-2-1-3-5-7-9/h9-11H,1-8H2,(H,14,15)(H,16,17)/t10-,11+/m1/s1. The average Bonchev–Trinajstić information content (AvgIpc) is 3.01. The Morgan fingerprint density at radius 1 is 0.941 bits per heavy atom. The minimum Gasteiger partial charge on any atom is -0.481 e. The highest BCUT2D eigenvalue weighted by Crippen LogP contribution is 2.38. The van der Waals surface area contributed by atoms with Crippen LogP contribution in [0.4, 0.5) is 0 Å². The second-order valence-electron chi connectivity index (χ2n) is 5.34. The van der Waals surface area contributed by atoms with Gasteiger partial charge in [-0.3, -0.25) is 9.59 Å². The topological polar surface area (TPSA) is 66.4 Å². The fourth-order valence-electron chi connectivity index (χ4n) is 2.67. The number of hydrogen-bond acceptors (Lipinski definition) is 2. The lowest BCUT2D eigenvalue weighted by Gasteiger charge is -2.21. The molecule has 2 N–H and O–H groups in total. The summed E-state index contributed by atoms with van der Waals surface area (Å²) in [6, 6.07) is 0.276. The molecule has 1 amide bonds. The number of carboxylic acid groups (broad SMARTS) is 1.